The van der Waals surface area contributed by atoms with E-state index >= 15 is 0 Å². The SMILES string of the molecule is CC(=O)N(C(C)=O)c1cccc(Cc2ccc(C)cc2)c1. The Labute approximate surface area is 125 Å². The fourth-order valence-electron chi connectivity index (χ4n) is 2.33. The van der Waals surface area contributed by atoms with Crippen molar-refractivity contribution in [3.8, 4) is 0 Å². The van der Waals surface area contributed by atoms with Crippen molar-refractivity contribution in [3.63, 3.8) is 0 Å². The highest BCUT2D eigenvalue weighted by atomic mass is 16.2. The van der Waals surface area contributed by atoms with E-state index in [1.807, 2.05) is 18.2 Å². The molecule has 0 N–H and O–H groups in total. The molecule has 0 fully saturated rings. The van der Waals surface area contributed by atoms with E-state index in [1.54, 1.807) is 6.07 Å². The maximum Gasteiger partial charge on any atom is 0.230 e. The first-order valence-corrected chi connectivity index (χ1v) is 6.93. The number of aryl methyl sites for hydroxylation is 1. The molecule has 0 aliphatic heterocycles. The Bertz CT molecular complexity index is 645. The quantitative estimate of drug-likeness (QED) is 0.863. The molecular weight excluding hydrogens is 262 g/mol. The minimum atomic E-state index is -0.269. The molecule has 3 heteroatoms. The Morgan fingerprint density at radius 3 is 2.10 bits per heavy atom. The number of imide groups is 1. The number of amides is 2. The number of nitrogens with zero attached hydrogens (tertiary/aromatic N) is 1. The maximum atomic E-state index is 11.6. The summed E-state index contributed by atoms with van der Waals surface area (Å²) in [6, 6.07) is 15.9. The third-order valence-corrected chi connectivity index (χ3v) is 3.33. The van der Waals surface area contributed by atoms with Crippen molar-refractivity contribution >= 4 is 17.5 Å². The topological polar surface area (TPSA) is 37.4 Å². The molecule has 0 atom stereocenters. The summed E-state index contributed by atoms with van der Waals surface area (Å²) in [6.07, 6.45) is 0.776. The first-order valence-electron chi connectivity index (χ1n) is 6.93. The van der Waals surface area contributed by atoms with Crippen molar-refractivity contribution in [3.05, 3.63) is 65.2 Å². The molecule has 0 saturated carbocycles. The number of hydrogen-bond acceptors (Lipinski definition) is 2. The predicted molar refractivity (Wildman–Crippen MR) is 84.3 cm³/mol. The second-order valence-corrected chi connectivity index (χ2v) is 5.21. The molecule has 2 aromatic carbocycles. The summed E-state index contributed by atoms with van der Waals surface area (Å²) in [6.45, 7) is 4.85. The molecule has 0 radical (unpaired) electrons. The molecule has 0 spiro atoms. The van der Waals surface area contributed by atoms with E-state index in [0.717, 1.165) is 12.0 Å². The van der Waals surface area contributed by atoms with E-state index < -0.39 is 0 Å². The number of anilines is 1. The van der Waals surface area contributed by atoms with Gasteiger partial charge in [0, 0.05) is 13.8 Å². The summed E-state index contributed by atoms with van der Waals surface area (Å²) in [5, 5.41) is 0. The van der Waals surface area contributed by atoms with Gasteiger partial charge >= 0.3 is 0 Å². The molecule has 3 nitrogen and oxygen atoms in total. The van der Waals surface area contributed by atoms with Gasteiger partial charge in [-0.1, -0.05) is 42.0 Å². The van der Waals surface area contributed by atoms with Gasteiger partial charge in [0.15, 0.2) is 0 Å². The first kappa shape index (κ1) is 15.0. The van der Waals surface area contributed by atoms with Gasteiger partial charge in [0.1, 0.15) is 0 Å². The van der Waals surface area contributed by atoms with Gasteiger partial charge < -0.3 is 0 Å². The Kier molecular flexibility index (Phi) is 4.53. The van der Waals surface area contributed by atoms with E-state index in [0.29, 0.717) is 5.69 Å². The molecule has 108 valence electrons. The number of benzene rings is 2. The average molecular weight is 281 g/mol. The van der Waals surface area contributed by atoms with Gasteiger partial charge in [-0.3, -0.25) is 14.5 Å². The molecule has 2 aromatic rings. The van der Waals surface area contributed by atoms with Gasteiger partial charge in [-0.15, -0.1) is 0 Å². The van der Waals surface area contributed by atoms with E-state index in [4.69, 9.17) is 0 Å². The van der Waals surface area contributed by atoms with Gasteiger partial charge in [0.05, 0.1) is 5.69 Å². The van der Waals surface area contributed by atoms with Gasteiger partial charge in [-0.25, -0.2) is 0 Å². The van der Waals surface area contributed by atoms with Gasteiger partial charge in [0.25, 0.3) is 0 Å². The smallest absolute Gasteiger partial charge is 0.230 e. The fraction of sp³-hybridized carbons (Fsp3) is 0.222. The van der Waals surface area contributed by atoms with Crippen LogP contribution >= 0.6 is 0 Å². The zero-order chi connectivity index (χ0) is 15.4. The van der Waals surface area contributed by atoms with Crippen molar-refractivity contribution < 1.29 is 9.59 Å². The minimum Gasteiger partial charge on any atom is -0.274 e. The summed E-state index contributed by atoms with van der Waals surface area (Å²) < 4.78 is 0. The van der Waals surface area contributed by atoms with Crippen LogP contribution in [-0.2, 0) is 16.0 Å². The van der Waals surface area contributed by atoms with Crippen LogP contribution in [0.1, 0.15) is 30.5 Å². The predicted octanol–water partition coefficient (Wildman–Crippen LogP) is 3.49. The van der Waals surface area contributed by atoms with Crippen molar-refractivity contribution in [2.24, 2.45) is 0 Å². The number of hydrogen-bond donors (Lipinski definition) is 0. The summed E-state index contributed by atoms with van der Waals surface area (Å²) in [5.41, 5.74) is 4.13. The van der Waals surface area contributed by atoms with Crippen LogP contribution in [0.25, 0.3) is 0 Å². The molecule has 0 aliphatic carbocycles. The zero-order valence-corrected chi connectivity index (χ0v) is 12.6. The Morgan fingerprint density at radius 1 is 0.905 bits per heavy atom. The van der Waals surface area contributed by atoms with Gasteiger partial charge in [-0.05, 0) is 36.6 Å². The van der Waals surface area contributed by atoms with Crippen molar-refractivity contribution in [2.45, 2.75) is 27.2 Å². The number of carbonyl (C=O) groups excluding carboxylic acids is 2. The third-order valence-electron chi connectivity index (χ3n) is 3.33. The summed E-state index contributed by atoms with van der Waals surface area (Å²) in [5.74, 6) is -0.537. The second kappa shape index (κ2) is 6.35. The summed E-state index contributed by atoms with van der Waals surface area (Å²) in [4.78, 5) is 24.4. The Morgan fingerprint density at radius 2 is 1.52 bits per heavy atom. The van der Waals surface area contributed by atoms with E-state index in [2.05, 4.69) is 31.2 Å². The van der Waals surface area contributed by atoms with Crippen LogP contribution in [0.3, 0.4) is 0 Å². The minimum absolute atomic E-state index is 0.269. The monoisotopic (exact) mass is 281 g/mol. The van der Waals surface area contributed by atoms with Crippen LogP contribution in [0.15, 0.2) is 48.5 Å². The average Bonchev–Trinajstić information content (AvgIpc) is 2.41. The van der Waals surface area contributed by atoms with E-state index in [-0.39, 0.29) is 11.8 Å². The largest absolute Gasteiger partial charge is 0.274 e. The summed E-state index contributed by atoms with van der Waals surface area (Å²) >= 11 is 0. The zero-order valence-electron chi connectivity index (χ0n) is 12.6. The summed E-state index contributed by atoms with van der Waals surface area (Å²) in [7, 11) is 0. The third kappa shape index (κ3) is 3.78. The van der Waals surface area contributed by atoms with Crippen molar-refractivity contribution in [1.29, 1.82) is 0 Å². The van der Waals surface area contributed by atoms with E-state index in [9.17, 15) is 9.59 Å². The lowest BCUT2D eigenvalue weighted by atomic mass is 10.0. The lowest BCUT2D eigenvalue weighted by Crippen LogP contribution is -2.33. The number of rotatable bonds is 3. The first-order chi connectivity index (χ1) is 9.97. The highest BCUT2D eigenvalue weighted by molar-refractivity contribution is 6.13. The lowest BCUT2D eigenvalue weighted by Gasteiger charge is -2.18. The van der Waals surface area contributed by atoms with Gasteiger partial charge in [0.2, 0.25) is 11.8 Å². The van der Waals surface area contributed by atoms with Crippen LogP contribution < -0.4 is 4.90 Å². The molecule has 0 heterocycles. The Balaban J connectivity index is 2.26. The normalized spacial score (nSPS) is 10.2. The van der Waals surface area contributed by atoms with Crippen LogP contribution in [0, 0.1) is 6.92 Å². The molecule has 0 bridgehead atoms. The molecular formula is C18H19NO2. The molecule has 21 heavy (non-hydrogen) atoms. The van der Waals surface area contributed by atoms with Crippen LogP contribution in [0.4, 0.5) is 5.69 Å². The van der Waals surface area contributed by atoms with Gasteiger partial charge in [-0.2, -0.15) is 0 Å². The lowest BCUT2D eigenvalue weighted by molar-refractivity contribution is -0.124. The molecule has 0 unspecified atom stereocenters. The molecule has 0 aromatic heterocycles. The fourth-order valence-corrected chi connectivity index (χ4v) is 2.33. The van der Waals surface area contributed by atoms with Crippen molar-refractivity contribution in [1.82, 2.24) is 0 Å². The highest BCUT2D eigenvalue weighted by Gasteiger charge is 2.16. The second-order valence-electron chi connectivity index (χ2n) is 5.21. The van der Waals surface area contributed by atoms with E-state index in [1.165, 1.54) is 29.9 Å². The number of carbonyl (C=O) groups is 2. The molecule has 2 rings (SSSR count). The van der Waals surface area contributed by atoms with Crippen LogP contribution in [-0.4, -0.2) is 11.8 Å². The molecule has 0 aliphatic rings. The molecule has 2 amide bonds. The standard InChI is InChI=1S/C18H19NO2/c1-13-7-9-16(10-8-13)11-17-5-4-6-18(12-17)19(14(2)20)15(3)21/h4-10,12H,11H2,1-3H3. The Hall–Kier alpha value is -2.42. The van der Waals surface area contributed by atoms with Crippen molar-refractivity contribution in [2.75, 3.05) is 4.90 Å². The van der Waals surface area contributed by atoms with Crippen LogP contribution in [0.5, 0.6) is 0 Å². The maximum absolute atomic E-state index is 11.6. The molecule has 0 saturated heterocycles. The highest BCUT2D eigenvalue weighted by Crippen LogP contribution is 2.19. The van der Waals surface area contributed by atoms with Crippen LogP contribution in [0.2, 0.25) is 0 Å².